The molecule has 0 aliphatic rings. The maximum Gasteiger partial charge on any atom is 0.323 e. The Balaban J connectivity index is 2.82. The smallest absolute Gasteiger partial charge is 0.323 e. The third-order valence-corrected chi connectivity index (χ3v) is 2.04. The maximum absolute atomic E-state index is 11.7. The van der Waals surface area contributed by atoms with Gasteiger partial charge in [-0.3, -0.25) is 19.7 Å². The highest BCUT2D eigenvalue weighted by Crippen LogP contribution is 2.12. The average Bonchev–Trinajstić information content (AvgIpc) is 2.27. The molecule has 0 heterocycles. The van der Waals surface area contributed by atoms with Crippen molar-refractivity contribution >= 4 is 17.6 Å². The lowest BCUT2D eigenvalue weighted by Crippen LogP contribution is -2.31. The van der Waals surface area contributed by atoms with Crippen molar-refractivity contribution in [3.63, 3.8) is 0 Å². The van der Waals surface area contributed by atoms with E-state index in [2.05, 4.69) is 0 Å². The molecule has 1 rings (SSSR count). The Morgan fingerprint density at radius 2 is 1.88 bits per heavy atom. The first-order chi connectivity index (χ1) is 7.91. The summed E-state index contributed by atoms with van der Waals surface area (Å²) in [5, 5.41) is 18.9. The van der Waals surface area contributed by atoms with E-state index in [9.17, 15) is 19.7 Å². The number of carbonyl (C=O) groups excluding carboxylic acids is 1. The normalized spacial score (nSPS) is 9.71. The number of carbonyl (C=O) groups is 2. The topological polar surface area (TPSA) is 101 Å². The van der Waals surface area contributed by atoms with Crippen molar-refractivity contribution in [1.29, 1.82) is 0 Å². The summed E-state index contributed by atoms with van der Waals surface area (Å²) in [6, 6.07) is 4.97. The van der Waals surface area contributed by atoms with Gasteiger partial charge in [-0.1, -0.05) is 0 Å². The summed E-state index contributed by atoms with van der Waals surface area (Å²) in [4.78, 5) is 32.9. The number of carboxylic acid groups (broad SMARTS) is 1. The van der Waals surface area contributed by atoms with E-state index in [1.165, 1.54) is 31.3 Å². The van der Waals surface area contributed by atoms with E-state index in [-0.39, 0.29) is 11.3 Å². The fraction of sp³-hybridized carbons (Fsp3) is 0.200. The standard InChI is InChI=1S/C10H10N2O5/c1-11(6-9(13)14)10(15)7-2-4-8(5-3-7)12(16)17/h2-5H,6H2,1H3,(H,13,14). The van der Waals surface area contributed by atoms with Crippen LogP contribution in [0.3, 0.4) is 0 Å². The molecule has 1 aromatic carbocycles. The van der Waals surface area contributed by atoms with Crippen LogP contribution >= 0.6 is 0 Å². The van der Waals surface area contributed by atoms with Gasteiger partial charge in [0.05, 0.1) is 4.92 Å². The van der Waals surface area contributed by atoms with Gasteiger partial charge in [-0.05, 0) is 12.1 Å². The highest BCUT2D eigenvalue weighted by molar-refractivity contribution is 5.95. The predicted molar refractivity (Wildman–Crippen MR) is 57.7 cm³/mol. The second kappa shape index (κ2) is 5.06. The van der Waals surface area contributed by atoms with Crippen molar-refractivity contribution in [2.45, 2.75) is 0 Å². The van der Waals surface area contributed by atoms with Crippen LogP contribution < -0.4 is 0 Å². The fourth-order valence-corrected chi connectivity index (χ4v) is 1.22. The van der Waals surface area contributed by atoms with Gasteiger partial charge in [0, 0.05) is 24.7 Å². The fourth-order valence-electron chi connectivity index (χ4n) is 1.22. The van der Waals surface area contributed by atoms with E-state index in [1.54, 1.807) is 0 Å². The van der Waals surface area contributed by atoms with Gasteiger partial charge in [-0.15, -0.1) is 0 Å². The van der Waals surface area contributed by atoms with Gasteiger partial charge in [0.25, 0.3) is 11.6 Å². The number of nitrogens with zero attached hydrogens (tertiary/aromatic N) is 2. The van der Waals surface area contributed by atoms with Crippen LogP contribution in [0.5, 0.6) is 0 Å². The molecule has 0 aliphatic carbocycles. The molecular formula is C10H10N2O5. The quantitative estimate of drug-likeness (QED) is 0.616. The molecule has 17 heavy (non-hydrogen) atoms. The summed E-state index contributed by atoms with van der Waals surface area (Å²) in [6.45, 7) is -0.421. The highest BCUT2D eigenvalue weighted by Gasteiger charge is 2.15. The lowest BCUT2D eigenvalue weighted by Gasteiger charge is -2.14. The lowest BCUT2D eigenvalue weighted by molar-refractivity contribution is -0.384. The summed E-state index contributed by atoms with van der Waals surface area (Å²) in [7, 11) is 1.35. The number of nitro benzene ring substituents is 1. The number of nitro groups is 1. The van der Waals surface area contributed by atoms with Gasteiger partial charge < -0.3 is 10.0 Å². The Labute approximate surface area is 96.4 Å². The largest absolute Gasteiger partial charge is 0.480 e. The lowest BCUT2D eigenvalue weighted by atomic mass is 10.2. The molecule has 7 nitrogen and oxygen atoms in total. The molecule has 0 bridgehead atoms. The molecule has 1 amide bonds. The minimum Gasteiger partial charge on any atom is -0.480 e. The number of carboxylic acids is 1. The van der Waals surface area contributed by atoms with Crippen LogP contribution in [0.2, 0.25) is 0 Å². The second-order valence-corrected chi connectivity index (χ2v) is 3.36. The van der Waals surface area contributed by atoms with Crippen molar-refractivity contribution in [3.05, 3.63) is 39.9 Å². The van der Waals surface area contributed by atoms with Gasteiger partial charge in [-0.2, -0.15) is 0 Å². The van der Waals surface area contributed by atoms with E-state index in [4.69, 9.17) is 5.11 Å². The van der Waals surface area contributed by atoms with E-state index in [1.807, 2.05) is 0 Å². The second-order valence-electron chi connectivity index (χ2n) is 3.36. The molecule has 0 saturated heterocycles. The summed E-state index contributed by atoms with van der Waals surface area (Å²) in [5.41, 5.74) is 0.0850. The first-order valence-corrected chi connectivity index (χ1v) is 4.63. The zero-order chi connectivity index (χ0) is 13.0. The van der Waals surface area contributed by atoms with E-state index in [0.29, 0.717) is 0 Å². The van der Waals surface area contributed by atoms with Crippen LogP contribution in [0.1, 0.15) is 10.4 Å². The van der Waals surface area contributed by atoms with Crippen molar-refractivity contribution in [1.82, 2.24) is 4.90 Å². The molecule has 0 radical (unpaired) electrons. The molecule has 0 saturated carbocycles. The minimum atomic E-state index is -1.12. The number of likely N-dealkylation sites (N-methyl/N-ethyl adjacent to an activating group) is 1. The van der Waals surface area contributed by atoms with E-state index in [0.717, 1.165) is 4.90 Å². The minimum absolute atomic E-state index is 0.123. The number of aliphatic carboxylic acids is 1. The average molecular weight is 238 g/mol. The van der Waals surface area contributed by atoms with Crippen LogP contribution in [0.15, 0.2) is 24.3 Å². The number of rotatable bonds is 4. The van der Waals surface area contributed by atoms with Crippen LogP contribution in [-0.4, -0.2) is 40.4 Å². The summed E-state index contributed by atoms with van der Waals surface area (Å²) in [5.74, 6) is -1.62. The third kappa shape index (κ3) is 3.26. The Bertz CT molecular complexity index is 454. The Kier molecular flexibility index (Phi) is 3.76. The number of non-ortho nitro benzene ring substituents is 1. The molecule has 0 aliphatic heterocycles. The van der Waals surface area contributed by atoms with Crippen LogP contribution in [0.25, 0.3) is 0 Å². The van der Waals surface area contributed by atoms with E-state index < -0.39 is 23.3 Å². The van der Waals surface area contributed by atoms with Crippen molar-refractivity contribution < 1.29 is 19.6 Å². The van der Waals surface area contributed by atoms with Crippen LogP contribution in [0.4, 0.5) is 5.69 Å². The van der Waals surface area contributed by atoms with Gasteiger partial charge in [-0.25, -0.2) is 0 Å². The molecule has 1 N–H and O–H groups in total. The van der Waals surface area contributed by atoms with Crippen LogP contribution in [-0.2, 0) is 4.79 Å². The number of amides is 1. The van der Waals surface area contributed by atoms with Crippen LogP contribution in [0, 0.1) is 10.1 Å². The van der Waals surface area contributed by atoms with E-state index >= 15 is 0 Å². The summed E-state index contributed by atoms with van der Waals surface area (Å²) < 4.78 is 0. The number of hydrogen-bond acceptors (Lipinski definition) is 4. The number of benzene rings is 1. The summed E-state index contributed by atoms with van der Waals surface area (Å²) in [6.07, 6.45) is 0. The first kappa shape index (κ1) is 12.6. The molecule has 0 aromatic heterocycles. The SMILES string of the molecule is CN(CC(=O)O)C(=O)c1ccc([N+](=O)[O-])cc1. The van der Waals surface area contributed by atoms with Gasteiger partial charge in [0.2, 0.25) is 0 Å². The maximum atomic E-state index is 11.7. The van der Waals surface area contributed by atoms with Gasteiger partial charge in [0.1, 0.15) is 6.54 Å². The zero-order valence-corrected chi connectivity index (χ0v) is 8.99. The first-order valence-electron chi connectivity index (χ1n) is 4.63. The highest BCUT2D eigenvalue weighted by atomic mass is 16.6. The predicted octanol–water partition coefficient (Wildman–Crippen LogP) is 0.751. The molecular weight excluding hydrogens is 228 g/mol. The monoisotopic (exact) mass is 238 g/mol. The molecule has 1 aromatic rings. The van der Waals surface area contributed by atoms with Gasteiger partial charge >= 0.3 is 5.97 Å². The van der Waals surface area contributed by atoms with Crippen molar-refractivity contribution in [3.8, 4) is 0 Å². The Morgan fingerprint density at radius 1 is 1.35 bits per heavy atom. The van der Waals surface area contributed by atoms with Crippen molar-refractivity contribution in [2.75, 3.05) is 13.6 Å². The Morgan fingerprint density at radius 3 is 2.29 bits per heavy atom. The molecule has 0 atom stereocenters. The van der Waals surface area contributed by atoms with Gasteiger partial charge in [0.15, 0.2) is 0 Å². The molecule has 7 heteroatoms. The molecule has 0 fully saturated rings. The Hall–Kier alpha value is -2.44. The summed E-state index contributed by atoms with van der Waals surface area (Å²) >= 11 is 0. The third-order valence-electron chi connectivity index (χ3n) is 2.04. The molecule has 90 valence electrons. The number of hydrogen-bond donors (Lipinski definition) is 1. The molecule has 0 spiro atoms. The molecule has 0 unspecified atom stereocenters. The zero-order valence-electron chi connectivity index (χ0n) is 8.99. The van der Waals surface area contributed by atoms with Crippen molar-refractivity contribution in [2.24, 2.45) is 0 Å².